The van der Waals surface area contributed by atoms with Crippen LogP contribution < -0.4 is 0 Å². The molecule has 0 fully saturated rings. The Kier molecular flexibility index (Phi) is 3.32. The molecule has 3 heteroatoms. The predicted octanol–water partition coefficient (Wildman–Crippen LogP) is 3.12. The zero-order valence-electron chi connectivity index (χ0n) is 6.05. The SMILES string of the molecule is O=[C]/C=C/c1ccc(Cl)c(Cl)c1. The van der Waals surface area contributed by atoms with E-state index in [1.807, 2.05) is 0 Å². The molecule has 0 aliphatic rings. The van der Waals surface area contributed by atoms with Crippen molar-refractivity contribution in [3.05, 3.63) is 39.9 Å². The molecule has 12 heavy (non-hydrogen) atoms. The van der Waals surface area contributed by atoms with E-state index in [9.17, 15) is 4.79 Å². The van der Waals surface area contributed by atoms with Crippen molar-refractivity contribution in [3.63, 3.8) is 0 Å². The highest BCUT2D eigenvalue weighted by Crippen LogP contribution is 2.22. The Morgan fingerprint density at radius 1 is 1.25 bits per heavy atom. The maximum atomic E-state index is 9.86. The largest absolute Gasteiger partial charge is 0.286 e. The molecule has 1 rings (SSSR count). The zero-order valence-corrected chi connectivity index (χ0v) is 7.56. The fourth-order valence-corrected chi connectivity index (χ4v) is 1.05. The molecular weight excluding hydrogens is 195 g/mol. The first-order chi connectivity index (χ1) is 5.74. The molecule has 0 aliphatic carbocycles. The van der Waals surface area contributed by atoms with Gasteiger partial charge in [0.25, 0.3) is 0 Å². The number of carbonyl (C=O) groups excluding carboxylic acids is 1. The summed E-state index contributed by atoms with van der Waals surface area (Å²) < 4.78 is 0. The van der Waals surface area contributed by atoms with Crippen LogP contribution in [0.3, 0.4) is 0 Å². The van der Waals surface area contributed by atoms with Crippen LogP contribution in [0.25, 0.3) is 6.08 Å². The number of rotatable bonds is 2. The summed E-state index contributed by atoms with van der Waals surface area (Å²) in [6.07, 6.45) is 4.53. The van der Waals surface area contributed by atoms with E-state index >= 15 is 0 Å². The summed E-state index contributed by atoms with van der Waals surface area (Å²) in [6.45, 7) is 0. The van der Waals surface area contributed by atoms with Gasteiger partial charge in [-0.1, -0.05) is 35.3 Å². The molecule has 0 unspecified atom stereocenters. The lowest BCUT2D eigenvalue weighted by atomic mass is 10.2. The van der Waals surface area contributed by atoms with Crippen molar-refractivity contribution in [2.45, 2.75) is 0 Å². The highest BCUT2D eigenvalue weighted by atomic mass is 35.5. The molecule has 0 saturated heterocycles. The van der Waals surface area contributed by atoms with Gasteiger partial charge in [0.2, 0.25) is 6.29 Å². The van der Waals surface area contributed by atoms with Gasteiger partial charge >= 0.3 is 0 Å². The lowest BCUT2D eigenvalue weighted by molar-refractivity contribution is 0.564. The maximum absolute atomic E-state index is 9.86. The lowest BCUT2D eigenvalue weighted by Gasteiger charge is -1.95. The highest BCUT2D eigenvalue weighted by Gasteiger charge is 1.95. The molecule has 0 heterocycles. The number of allylic oxidation sites excluding steroid dienone is 1. The molecule has 0 aliphatic heterocycles. The van der Waals surface area contributed by atoms with Crippen LogP contribution in [0.1, 0.15) is 5.56 Å². The first-order valence-electron chi connectivity index (χ1n) is 3.23. The molecule has 1 radical (unpaired) electrons. The Balaban J connectivity index is 2.96. The van der Waals surface area contributed by atoms with Crippen LogP contribution >= 0.6 is 23.2 Å². The molecular formula is C9H5Cl2O. The molecule has 0 N–H and O–H groups in total. The normalized spacial score (nSPS) is 10.5. The zero-order chi connectivity index (χ0) is 8.97. The minimum absolute atomic E-state index is 0.477. The molecule has 0 amide bonds. The van der Waals surface area contributed by atoms with Gasteiger partial charge in [0.1, 0.15) is 0 Å². The van der Waals surface area contributed by atoms with Crippen molar-refractivity contribution in [1.29, 1.82) is 0 Å². The third-order valence-corrected chi connectivity index (χ3v) is 2.03. The Morgan fingerprint density at radius 2 is 2.00 bits per heavy atom. The van der Waals surface area contributed by atoms with Crippen LogP contribution in [0, 0.1) is 0 Å². The standard InChI is InChI=1S/C9H5Cl2O/c10-8-4-3-7(2-1-5-12)6-9(8)11/h1-4,6H/b2-1+. The van der Waals surface area contributed by atoms with Crippen LogP contribution in [0.4, 0.5) is 0 Å². The van der Waals surface area contributed by atoms with E-state index < -0.39 is 0 Å². The summed E-state index contributed by atoms with van der Waals surface area (Å²) in [6, 6.07) is 5.12. The summed E-state index contributed by atoms with van der Waals surface area (Å²) in [5, 5.41) is 0.980. The number of halogens is 2. The summed E-state index contributed by atoms with van der Waals surface area (Å²) >= 11 is 11.4. The molecule has 1 aromatic rings. The van der Waals surface area contributed by atoms with Crippen molar-refractivity contribution in [2.75, 3.05) is 0 Å². The van der Waals surface area contributed by atoms with Gasteiger partial charge in [0, 0.05) is 0 Å². The smallest absolute Gasteiger partial charge is 0.225 e. The third-order valence-electron chi connectivity index (χ3n) is 1.29. The second-order valence-corrected chi connectivity index (χ2v) is 2.94. The Morgan fingerprint density at radius 3 is 2.58 bits per heavy atom. The molecule has 0 aromatic heterocycles. The lowest BCUT2D eigenvalue weighted by Crippen LogP contribution is -1.73. The van der Waals surface area contributed by atoms with Crippen molar-refractivity contribution >= 4 is 35.6 Å². The van der Waals surface area contributed by atoms with Crippen LogP contribution in [-0.2, 0) is 4.79 Å². The number of hydrogen-bond acceptors (Lipinski definition) is 1. The van der Waals surface area contributed by atoms with E-state index in [-0.39, 0.29) is 0 Å². The van der Waals surface area contributed by atoms with E-state index in [1.54, 1.807) is 30.6 Å². The highest BCUT2D eigenvalue weighted by molar-refractivity contribution is 6.42. The van der Waals surface area contributed by atoms with Crippen LogP contribution in [0.2, 0.25) is 10.0 Å². The van der Waals surface area contributed by atoms with Crippen LogP contribution in [0.5, 0.6) is 0 Å². The van der Waals surface area contributed by atoms with E-state index in [0.29, 0.717) is 10.0 Å². The Bertz CT molecular complexity index is 318. The monoisotopic (exact) mass is 199 g/mol. The van der Waals surface area contributed by atoms with Gasteiger partial charge in [-0.15, -0.1) is 0 Å². The minimum atomic E-state index is 0.477. The Hall–Kier alpha value is -0.790. The summed E-state index contributed by atoms with van der Waals surface area (Å²) in [7, 11) is 0. The van der Waals surface area contributed by atoms with Gasteiger partial charge < -0.3 is 0 Å². The van der Waals surface area contributed by atoms with Gasteiger partial charge in [-0.25, -0.2) is 0 Å². The average Bonchev–Trinajstić information content (AvgIpc) is 2.07. The van der Waals surface area contributed by atoms with Crippen molar-refractivity contribution in [2.24, 2.45) is 0 Å². The van der Waals surface area contributed by atoms with Crippen molar-refractivity contribution in [3.8, 4) is 0 Å². The first kappa shape index (κ1) is 9.30. The molecule has 0 saturated carbocycles. The van der Waals surface area contributed by atoms with E-state index in [2.05, 4.69) is 0 Å². The predicted molar refractivity (Wildman–Crippen MR) is 51.2 cm³/mol. The van der Waals surface area contributed by atoms with Gasteiger partial charge in [-0.05, 0) is 23.8 Å². The fraction of sp³-hybridized carbons (Fsp3) is 0. The minimum Gasteiger partial charge on any atom is -0.286 e. The van der Waals surface area contributed by atoms with Gasteiger partial charge in [0.15, 0.2) is 0 Å². The molecule has 0 spiro atoms. The summed E-state index contributed by atoms with van der Waals surface area (Å²) in [5.41, 5.74) is 0.827. The summed E-state index contributed by atoms with van der Waals surface area (Å²) in [4.78, 5) is 9.86. The van der Waals surface area contributed by atoms with E-state index in [0.717, 1.165) is 5.56 Å². The van der Waals surface area contributed by atoms with Crippen molar-refractivity contribution in [1.82, 2.24) is 0 Å². The first-order valence-corrected chi connectivity index (χ1v) is 3.99. The van der Waals surface area contributed by atoms with Gasteiger partial charge in [-0.2, -0.15) is 0 Å². The van der Waals surface area contributed by atoms with Crippen LogP contribution in [-0.4, -0.2) is 6.29 Å². The van der Waals surface area contributed by atoms with Crippen LogP contribution in [0.15, 0.2) is 24.3 Å². The fourth-order valence-electron chi connectivity index (χ4n) is 0.746. The maximum Gasteiger partial charge on any atom is 0.225 e. The number of hydrogen-bond donors (Lipinski definition) is 0. The molecule has 0 bridgehead atoms. The second-order valence-electron chi connectivity index (χ2n) is 2.12. The van der Waals surface area contributed by atoms with E-state index in [4.69, 9.17) is 23.2 Å². The third kappa shape index (κ3) is 2.36. The average molecular weight is 200 g/mol. The second kappa shape index (κ2) is 4.29. The van der Waals surface area contributed by atoms with Crippen molar-refractivity contribution < 1.29 is 4.79 Å². The van der Waals surface area contributed by atoms with E-state index in [1.165, 1.54) is 6.08 Å². The topological polar surface area (TPSA) is 17.1 Å². The van der Waals surface area contributed by atoms with Gasteiger partial charge in [-0.3, -0.25) is 4.79 Å². The number of benzene rings is 1. The molecule has 1 aromatic carbocycles. The van der Waals surface area contributed by atoms with Gasteiger partial charge in [0.05, 0.1) is 10.0 Å². The quantitative estimate of drug-likeness (QED) is 0.670. The Labute approximate surface area is 80.6 Å². The molecule has 0 atom stereocenters. The molecule has 1 nitrogen and oxygen atoms in total. The summed E-state index contributed by atoms with van der Waals surface area (Å²) in [5.74, 6) is 0. The molecule has 61 valence electrons.